The molecular formula is C17H25BrFN. The second-order valence-corrected chi connectivity index (χ2v) is 6.93. The van der Waals surface area contributed by atoms with Crippen molar-refractivity contribution in [2.24, 2.45) is 5.92 Å². The molecule has 1 aliphatic carbocycles. The maximum atomic E-state index is 13.9. The highest BCUT2D eigenvalue weighted by molar-refractivity contribution is 9.10. The molecule has 0 spiro atoms. The van der Waals surface area contributed by atoms with Crippen molar-refractivity contribution in [3.8, 4) is 0 Å². The van der Waals surface area contributed by atoms with Gasteiger partial charge in [0.25, 0.3) is 0 Å². The van der Waals surface area contributed by atoms with Gasteiger partial charge in [-0.25, -0.2) is 4.39 Å². The van der Waals surface area contributed by atoms with Crippen molar-refractivity contribution in [3.05, 3.63) is 34.1 Å². The molecule has 0 bridgehead atoms. The Balaban J connectivity index is 1.95. The van der Waals surface area contributed by atoms with E-state index in [-0.39, 0.29) is 5.82 Å². The zero-order valence-electron chi connectivity index (χ0n) is 12.3. The number of rotatable bonds is 5. The van der Waals surface area contributed by atoms with Crippen molar-refractivity contribution in [3.63, 3.8) is 0 Å². The number of benzene rings is 1. The number of hydrogen-bond donors (Lipinski definition) is 1. The summed E-state index contributed by atoms with van der Waals surface area (Å²) >= 11 is 3.43. The minimum atomic E-state index is -0.0886. The Kier molecular flexibility index (Phi) is 6.50. The molecule has 0 heterocycles. The fraction of sp³-hybridized carbons (Fsp3) is 0.647. The Hall–Kier alpha value is -0.410. The van der Waals surface area contributed by atoms with Gasteiger partial charge in [-0.1, -0.05) is 54.5 Å². The third-order valence-electron chi connectivity index (χ3n) is 4.47. The van der Waals surface area contributed by atoms with E-state index in [4.69, 9.17) is 0 Å². The van der Waals surface area contributed by atoms with Crippen LogP contribution in [0.25, 0.3) is 0 Å². The Morgan fingerprint density at radius 1 is 1.25 bits per heavy atom. The normalized spacial score (nSPS) is 18.8. The monoisotopic (exact) mass is 341 g/mol. The summed E-state index contributed by atoms with van der Waals surface area (Å²) in [6.07, 6.45) is 10.2. The van der Waals surface area contributed by atoms with Crippen LogP contribution in [0, 0.1) is 11.7 Å². The van der Waals surface area contributed by atoms with Crippen molar-refractivity contribution in [1.29, 1.82) is 0 Å². The van der Waals surface area contributed by atoms with Gasteiger partial charge in [-0.2, -0.15) is 0 Å². The summed E-state index contributed by atoms with van der Waals surface area (Å²) in [5.41, 5.74) is 0.812. The lowest BCUT2D eigenvalue weighted by Crippen LogP contribution is -2.30. The van der Waals surface area contributed by atoms with Crippen molar-refractivity contribution < 1.29 is 4.39 Å². The van der Waals surface area contributed by atoms with Crippen molar-refractivity contribution in [2.75, 3.05) is 7.05 Å². The molecule has 0 saturated heterocycles. The lowest BCUT2D eigenvalue weighted by atomic mass is 9.90. The first kappa shape index (κ1) is 16.0. The quantitative estimate of drug-likeness (QED) is 0.736. The van der Waals surface area contributed by atoms with Gasteiger partial charge in [-0.05, 0) is 49.6 Å². The van der Waals surface area contributed by atoms with Crippen LogP contribution in [0.5, 0.6) is 0 Å². The van der Waals surface area contributed by atoms with Crippen LogP contribution in [0.1, 0.15) is 50.5 Å². The zero-order chi connectivity index (χ0) is 14.4. The molecule has 112 valence electrons. The summed E-state index contributed by atoms with van der Waals surface area (Å²) in [5, 5.41) is 3.38. The van der Waals surface area contributed by atoms with E-state index in [1.54, 1.807) is 12.1 Å². The van der Waals surface area contributed by atoms with Gasteiger partial charge in [0.15, 0.2) is 0 Å². The third-order valence-corrected chi connectivity index (χ3v) is 4.97. The second-order valence-electron chi connectivity index (χ2n) is 6.02. The summed E-state index contributed by atoms with van der Waals surface area (Å²) in [6.45, 7) is 0. The molecule has 1 aliphatic rings. The van der Waals surface area contributed by atoms with Crippen LogP contribution >= 0.6 is 15.9 Å². The van der Waals surface area contributed by atoms with Gasteiger partial charge in [0.1, 0.15) is 5.82 Å². The van der Waals surface area contributed by atoms with Crippen molar-refractivity contribution in [2.45, 2.75) is 57.4 Å². The van der Waals surface area contributed by atoms with E-state index in [1.807, 2.05) is 13.1 Å². The predicted molar refractivity (Wildman–Crippen MR) is 86.5 cm³/mol. The standard InChI is InChI=1S/C17H25BrFN/c1-20-16(10-13-6-4-2-3-5-7-13)12-14-11-15(18)8-9-17(14)19/h8-9,11,13,16,20H,2-7,10,12H2,1H3. The van der Waals surface area contributed by atoms with Gasteiger partial charge in [-0.3, -0.25) is 0 Å². The highest BCUT2D eigenvalue weighted by atomic mass is 79.9. The molecule has 1 nitrogen and oxygen atoms in total. The number of hydrogen-bond acceptors (Lipinski definition) is 1. The highest BCUT2D eigenvalue weighted by Gasteiger charge is 2.18. The van der Waals surface area contributed by atoms with Crippen LogP contribution in [-0.4, -0.2) is 13.1 Å². The van der Waals surface area contributed by atoms with Gasteiger partial charge in [0.2, 0.25) is 0 Å². The van der Waals surface area contributed by atoms with E-state index in [0.29, 0.717) is 6.04 Å². The molecule has 0 radical (unpaired) electrons. The van der Waals surface area contributed by atoms with Crippen LogP contribution in [0.15, 0.2) is 22.7 Å². The van der Waals surface area contributed by atoms with Gasteiger partial charge in [0, 0.05) is 10.5 Å². The van der Waals surface area contributed by atoms with Gasteiger partial charge in [-0.15, -0.1) is 0 Å². The summed E-state index contributed by atoms with van der Waals surface area (Å²) in [4.78, 5) is 0. The van der Waals surface area contributed by atoms with Crippen LogP contribution in [0.3, 0.4) is 0 Å². The fourth-order valence-electron chi connectivity index (χ4n) is 3.27. The molecule has 0 aliphatic heterocycles. The van der Waals surface area contributed by atoms with Crippen LogP contribution < -0.4 is 5.32 Å². The molecule has 1 saturated carbocycles. The summed E-state index contributed by atoms with van der Waals surface area (Å²) in [6, 6.07) is 5.60. The molecule has 1 aromatic rings. The molecule has 20 heavy (non-hydrogen) atoms. The average Bonchev–Trinajstić information content (AvgIpc) is 2.70. The minimum Gasteiger partial charge on any atom is -0.317 e. The Labute approximate surface area is 130 Å². The van der Waals surface area contributed by atoms with E-state index in [9.17, 15) is 4.39 Å². The van der Waals surface area contributed by atoms with Gasteiger partial charge >= 0.3 is 0 Å². The summed E-state index contributed by atoms with van der Waals surface area (Å²) in [7, 11) is 2.00. The number of halogens is 2. The molecule has 1 unspecified atom stereocenters. The Morgan fingerprint density at radius 2 is 1.95 bits per heavy atom. The molecule has 3 heteroatoms. The van der Waals surface area contributed by atoms with Crippen LogP contribution in [-0.2, 0) is 6.42 Å². The van der Waals surface area contributed by atoms with E-state index in [2.05, 4.69) is 21.2 Å². The first-order valence-corrected chi connectivity index (χ1v) is 8.59. The van der Waals surface area contributed by atoms with Crippen LogP contribution in [0.2, 0.25) is 0 Å². The molecule has 1 aromatic carbocycles. The molecule has 1 atom stereocenters. The molecule has 1 fully saturated rings. The molecule has 2 rings (SSSR count). The van der Waals surface area contributed by atoms with Crippen molar-refractivity contribution in [1.82, 2.24) is 5.32 Å². The largest absolute Gasteiger partial charge is 0.317 e. The van der Waals surface area contributed by atoms with E-state index in [0.717, 1.165) is 22.4 Å². The smallest absolute Gasteiger partial charge is 0.126 e. The summed E-state index contributed by atoms with van der Waals surface area (Å²) < 4.78 is 14.8. The predicted octanol–water partition coefficient (Wildman–Crippen LogP) is 5.08. The van der Waals surface area contributed by atoms with Gasteiger partial charge < -0.3 is 5.32 Å². The van der Waals surface area contributed by atoms with E-state index in [1.165, 1.54) is 44.9 Å². The molecule has 1 N–H and O–H groups in total. The first-order chi connectivity index (χ1) is 9.69. The maximum Gasteiger partial charge on any atom is 0.126 e. The summed E-state index contributed by atoms with van der Waals surface area (Å²) in [5.74, 6) is 0.722. The highest BCUT2D eigenvalue weighted by Crippen LogP contribution is 2.27. The van der Waals surface area contributed by atoms with Gasteiger partial charge in [0.05, 0.1) is 0 Å². The second kappa shape index (κ2) is 8.14. The SMILES string of the molecule is CNC(Cc1cc(Br)ccc1F)CC1CCCCCC1. The van der Waals surface area contributed by atoms with E-state index >= 15 is 0 Å². The first-order valence-electron chi connectivity index (χ1n) is 7.80. The van der Waals surface area contributed by atoms with Crippen LogP contribution in [0.4, 0.5) is 4.39 Å². The lowest BCUT2D eigenvalue weighted by molar-refractivity contribution is 0.359. The maximum absolute atomic E-state index is 13.9. The molecule has 0 amide bonds. The minimum absolute atomic E-state index is 0.0886. The topological polar surface area (TPSA) is 12.0 Å². The van der Waals surface area contributed by atoms with E-state index < -0.39 is 0 Å². The molecule has 0 aromatic heterocycles. The number of nitrogens with one attached hydrogen (secondary N) is 1. The lowest BCUT2D eigenvalue weighted by Gasteiger charge is -2.22. The Morgan fingerprint density at radius 3 is 2.60 bits per heavy atom. The molecular weight excluding hydrogens is 317 g/mol. The van der Waals surface area contributed by atoms with Crippen molar-refractivity contribution >= 4 is 15.9 Å². The fourth-order valence-corrected chi connectivity index (χ4v) is 3.68. The third kappa shape index (κ3) is 4.85. The number of likely N-dealkylation sites (N-methyl/N-ethyl adjacent to an activating group) is 1. The Bertz CT molecular complexity index is 413. The zero-order valence-corrected chi connectivity index (χ0v) is 13.9. The average molecular weight is 342 g/mol.